The predicted octanol–water partition coefficient (Wildman–Crippen LogP) is 1.63. The first-order chi connectivity index (χ1) is 9.43. The number of aliphatic hydroxyl groups excluding tert-OH is 1. The Hall–Kier alpha value is -0.160. The number of nitrogens with one attached hydrogen (secondary N) is 1. The van der Waals surface area contributed by atoms with Crippen molar-refractivity contribution >= 4 is 0 Å². The van der Waals surface area contributed by atoms with Crippen LogP contribution in [0.3, 0.4) is 0 Å². The maximum atomic E-state index is 10.0. The highest BCUT2D eigenvalue weighted by Gasteiger charge is 2.47. The molecule has 0 aromatic carbocycles. The summed E-state index contributed by atoms with van der Waals surface area (Å²) in [6.07, 6.45) is 4.80. The van der Waals surface area contributed by atoms with Crippen LogP contribution in [0.15, 0.2) is 0 Å². The van der Waals surface area contributed by atoms with Crippen LogP contribution in [-0.4, -0.2) is 60.5 Å². The average molecular weight is 284 g/mol. The van der Waals surface area contributed by atoms with Crippen molar-refractivity contribution in [2.24, 2.45) is 5.92 Å². The first-order valence-electron chi connectivity index (χ1n) is 8.09. The molecule has 2 rings (SSSR count). The van der Waals surface area contributed by atoms with E-state index in [9.17, 15) is 5.11 Å². The Labute approximate surface area is 123 Å². The fourth-order valence-electron chi connectivity index (χ4n) is 3.74. The molecule has 2 N–H and O–H groups in total. The number of aliphatic hydroxyl groups is 1. The Kier molecular flexibility index (Phi) is 5.11. The lowest BCUT2D eigenvalue weighted by Crippen LogP contribution is -2.62. The third-order valence-corrected chi connectivity index (χ3v) is 4.95. The van der Waals surface area contributed by atoms with Crippen molar-refractivity contribution in [3.05, 3.63) is 0 Å². The van der Waals surface area contributed by atoms with Gasteiger partial charge in [-0.1, -0.05) is 13.8 Å². The fourth-order valence-corrected chi connectivity index (χ4v) is 3.74. The second kappa shape index (κ2) is 6.30. The van der Waals surface area contributed by atoms with Crippen LogP contribution in [-0.2, 0) is 4.74 Å². The number of hydrogen-bond donors (Lipinski definition) is 2. The molecule has 20 heavy (non-hydrogen) atoms. The first-order valence-corrected chi connectivity index (χ1v) is 8.09. The highest BCUT2D eigenvalue weighted by molar-refractivity contribution is 5.04. The van der Waals surface area contributed by atoms with E-state index in [1.54, 1.807) is 0 Å². The lowest BCUT2D eigenvalue weighted by molar-refractivity contribution is -0.0606. The number of likely N-dealkylation sites (tertiary alicyclic amines) is 1. The quantitative estimate of drug-likeness (QED) is 0.746. The Morgan fingerprint density at radius 3 is 2.65 bits per heavy atom. The molecule has 1 aliphatic heterocycles. The molecule has 0 aromatic rings. The summed E-state index contributed by atoms with van der Waals surface area (Å²) < 4.78 is 5.69. The van der Waals surface area contributed by atoms with Crippen molar-refractivity contribution in [3.8, 4) is 0 Å². The van der Waals surface area contributed by atoms with Gasteiger partial charge in [-0.25, -0.2) is 0 Å². The zero-order valence-corrected chi connectivity index (χ0v) is 13.6. The van der Waals surface area contributed by atoms with Gasteiger partial charge >= 0.3 is 0 Å². The van der Waals surface area contributed by atoms with E-state index in [0.717, 1.165) is 26.1 Å². The van der Waals surface area contributed by atoms with Gasteiger partial charge in [-0.3, -0.25) is 4.90 Å². The topological polar surface area (TPSA) is 44.7 Å². The van der Waals surface area contributed by atoms with Crippen LogP contribution in [0.5, 0.6) is 0 Å². The molecule has 0 bridgehead atoms. The molecule has 2 aliphatic rings. The van der Waals surface area contributed by atoms with Crippen LogP contribution >= 0.6 is 0 Å². The van der Waals surface area contributed by atoms with Crippen molar-refractivity contribution in [2.45, 2.75) is 63.6 Å². The summed E-state index contributed by atoms with van der Waals surface area (Å²) in [6.45, 7) is 9.80. The van der Waals surface area contributed by atoms with Crippen molar-refractivity contribution < 1.29 is 9.84 Å². The third-order valence-electron chi connectivity index (χ3n) is 4.95. The van der Waals surface area contributed by atoms with Gasteiger partial charge in [0.2, 0.25) is 0 Å². The van der Waals surface area contributed by atoms with Gasteiger partial charge in [0.05, 0.1) is 17.7 Å². The van der Waals surface area contributed by atoms with Crippen molar-refractivity contribution in [1.29, 1.82) is 0 Å². The van der Waals surface area contributed by atoms with Gasteiger partial charge in [0.15, 0.2) is 0 Å². The van der Waals surface area contributed by atoms with E-state index < -0.39 is 0 Å². The lowest BCUT2D eigenvalue weighted by Gasteiger charge is -2.45. The molecule has 4 heteroatoms. The van der Waals surface area contributed by atoms with E-state index in [1.807, 2.05) is 7.11 Å². The predicted molar refractivity (Wildman–Crippen MR) is 81.9 cm³/mol. The highest BCUT2D eigenvalue weighted by Crippen LogP contribution is 2.41. The molecule has 0 spiro atoms. The molecule has 0 amide bonds. The minimum atomic E-state index is -0.125. The number of piperidine rings is 1. The largest absolute Gasteiger partial charge is 0.394 e. The van der Waals surface area contributed by atoms with Crippen LogP contribution in [0.2, 0.25) is 0 Å². The number of ether oxygens (including phenoxy) is 1. The van der Waals surface area contributed by atoms with Gasteiger partial charge < -0.3 is 15.2 Å². The van der Waals surface area contributed by atoms with Gasteiger partial charge in [0.25, 0.3) is 0 Å². The molecule has 0 aromatic heterocycles. The van der Waals surface area contributed by atoms with Gasteiger partial charge in [0, 0.05) is 26.2 Å². The molecule has 1 aliphatic carbocycles. The van der Waals surface area contributed by atoms with Crippen molar-refractivity contribution in [1.82, 2.24) is 10.2 Å². The van der Waals surface area contributed by atoms with Gasteiger partial charge in [-0.05, 0) is 45.1 Å². The van der Waals surface area contributed by atoms with E-state index in [2.05, 4.69) is 31.0 Å². The first kappa shape index (κ1) is 16.2. The fraction of sp³-hybridized carbons (Fsp3) is 1.00. The highest BCUT2D eigenvalue weighted by atomic mass is 16.5. The Morgan fingerprint density at radius 2 is 2.15 bits per heavy atom. The number of hydrogen-bond acceptors (Lipinski definition) is 4. The molecule has 0 radical (unpaired) electrons. The summed E-state index contributed by atoms with van der Waals surface area (Å²) in [5, 5.41) is 13.7. The van der Waals surface area contributed by atoms with Crippen molar-refractivity contribution in [3.63, 3.8) is 0 Å². The smallest absolute Gasteiger partial charge is 0.0777 e. The SMILES string of the molecule is COC1(C)CCCN(CC(CO)(NC(C)C)C2CC2)C1. The summed E-state index contributed by atoms with van der Waals surface area (Å²) in [7, 11) is 1.82. The summed E-state index contributed by atoms with van der Waals surface area (Å²) in [6, 6.07) is 0.404. The summed E-state index contributed by atoms with van der Waals surface area (Å²) in [5.74, 6) is 0.630. The van der Waals surface area contributed by atoms with Crippen LogP contribution in [0.4, 0.5) is 0 Å². The zero-order chi connectivity index (χ0) is 14.8. The normalized spacial score (nSPS) is 31.5. The summed E-state index contributed by atoms with van der Waals surface area (Å²) in [4.78, 5) is 2.48. The minimum Gasteiger partial charge on any atom is -0.394 e. The maximum absolute atomic E-state index is 10.0. The molecule has 2 unspecified atom stereocenters. The molecule has 1 heterocycles. The zero-order valence-electron chi connectivity index (χ0n) is 13.6. The Morgan fingerprint density at radius 1 is 1.45 bits per heavy atom. The lowest BCUT2D eigenvalue weighted by atomic mass is 9.89. The summed E-state index contributed by atoms with van der Waals surface area (Å²) >= 11 is 0. The Balaban J connectivity index is 2.03. The average Bonchev–Trinajstić information content (AvgIpc) is 3.22. The van der Waals surface area contributed by atoms with Gasteiger partial charge in [-0.15, -0.1) is 0 Å². The number of methoxy groups -OCH3 is 1. The molecule has 118 valence electrons. The molecule has 1 saturated heterocycles. The van der Waals surface area contributed by atoms with E-state index in [-0.39, 0.29) is 17.7 Å². The summed E-state index contributed by atoms with van der Waals surface area (Å²) in [5.41, 5.74) is -0.152. The van der Waals surface area contributed by atoms with Gasteiger partial charge in [-0.2, -0.15) is 0 Å². The van der Waals surface area contributed by atoms with Gasteiger partial charge in [0.1, 0.15) is 0 Å². The van der Waals surface area contributed by atoms with E-state index in [0.29, 0.717) is 12.0 Å². The van der Waals surface area contributed by atoms with E-state index in [4.69, 9.17) is 4.74 Å². The molecule has 4 nitrogen and oxygen atoms in total. The standard InChI is InChI=1S/C16H32N2O2/c1-13(2)17-16(12-19,14-6-7-14)11-18-9-5-8-15(3,10-18)20-4/h13-14,17,19H,5-12H2,1-4H3. The second-order valence-electron chi connectivity index (χ2n) is 7.36. The van der Waals surface area contributed by atoms with Crippen LogP contribution in [0.25, 0.3) is 0 Å². The molecular weight excluding hydrogens is 252 g/mol. The van der Waals surface area contributed by atoms with Crippen LogP contribution in [0.1, 0.15) is 46.5 Å². The maximum Gasteiger partial charge on any atom is 0.0777 e. The number of nitrogens with zero attached hydrogens (tertiary/aromatic N) is 1. The van der Waals surface area contributed by atoms with Crippen molar-refractivity contribution in [2.75, 3.05) is 33.4 Å². The van der Waals surface area contributed by atoms with E-state index >= 15 is 0 Å². The third kappa shape index (κ3) is 3.73. The monoisotopic (exact) mass is 284 g/mol. The van der Waals surface area contributed by atoms with E-state index in [1.165, 1.54) is 19.3 Å². The molecule has 2 atom stereocenters. The Bertz CT molecular complexity index is 320. The number of rotatable bonds is 7. The molecular formula is C16H32N2O2. The molecule has 2 fully saturated rings. The molecule has 1 saturated carbocycles. The minimum absolute atomic E-state index is 0.0270. The van der Waals surface area contributed by atoms with Crippen LogP contribution < -0.4 is 5.32 Å². The second-order valence-corrected chi connectivity index (χ2v) is 7.36. The van der Waals surface area contributed by atoms with Crippen LogP contribution in [0, 0.1) is 5.92 Å².